The minimum absolute atomic E-state index is 0.637. The van der Waals surface area contributed by atoms with Crippen molar-refractivity contribution in [1.82, 2.24) is 0 Å². The number of hydrogen-bond acceptors (Lipinski definition) is 1. The summed E-state index contributed by atoms with van der Waals surface area (Å²) in [7, 11) is 0. The average Bonchev–Trinajstić information content (AvgIpc) is 2.07. The van der Waals surface area contributed by atoms with Crippen LogP contribution in [-0.2, 0) is 6.42 Å². The molecule has 0 radical (unpaired) electrons. The van der Waals surface area contributed by atoms with E-state index in [2.05, 4.69) is 4.79 Å². The third-order valence-electron chi connectivity index (χ3n) is 1.74. The number of hydrogen-bond donors (Lipinski definition) is 1. The Labute approximate surface area is 71.4 Å². The van der Waals surface area contributed by atoms with Crippen LogP contribution in [-0.4, -0.2) is 11.0 Å². The molecule has 12 heavy (non-hydrogen) atoms. The summed E-state index contributed by atoms with van der Waals surface area (Å²) in [6, 6.07) is 5.76. The first-order chi connectivity index (χ1) is 5.74. The number of nitrogens with two attached hydrogens (primary N) is 1. The topological polar surface area (TPSA) is 62.4 Å². The van der Waals surface area contributed by atoms with Crippen LogP contribution in [0.5, 0.6) is 0 Å². The summed E-state index contributed by atoms with van der Waals surface area (Å²) in [6.45, 7) is 1.95. The number of nitrogen functional groups attached to an aromatic ring is 1. The standard InChI is InChI=1S/C9H11N3/c1-7-6-8(4-5-12-11)2-3-9(7)10/h2-3,5-6H,4,10H2,1H3. The summed E-state index contributed by atoms with van der Waals surface area (Å²) >= 11 is 0. The van der Waals surface area contributed by atoms with Crippen LogP contribution < -0.4 is 5.73 Å². The molecular weight excluding hydrogens is 150 g/mol. The van der Waals surface area contributed by atoms with Gasteiger partial charge in [-0.05, 0) is 24.1 Å². The van der Waals surface area contributed by atoms with E-state index in [9.17, 15) is 0 Å². The molecule has 1 aromatic rings. The van der Waals surface area contributed by atoms with Crippen LogP contribution in [0.3, 0.4) is 0 Å². The zero-order valence-electron chi connectivity index (χ0n) is 6.99. The van der Waals surface area contributed by atoms with Crippen molar-refractivity contribution in [3.8, 4) is 0 Å². The molecule has 0 saturated heterocycles. The molecule has 0 aliphatic heterocycles. The van der Waals surface area contributed by atoms with E-state index < -0.39 is 0 Å². The second-order valence-electron chi connectivity index (χ2n) is 2.69. The van der Waals surface area contributed by atoms with E-state index in [-0.39, 0.29) is 0 Å². The highest BCUT2D eigenvalue weighted by Crippen LogP contribution is 2.12. The predicted molar refractivity (Wildman–Crippen MR) is 49.0 cm³/mol. The Hall–Kier alpha value is -1.60. The van der Waals surface area contributed by atoms with E-state index in [1.54, 1.807) is 0 Å². The second-order valence-corrected chi connectivity index (χ2v) is 2.69. The maximum atomic E-state index is 8.20. The molecular formula is C9H11N3. The highest BCUT2D eigenvalue weighted by atomic mass is 14.8. The van der Waals surface area contributed by atoms with Crippen LogP contribution in [0, 0.1) is 6.92 Å². The summed E-state index contributed by atoms with van der Waals surface area (Å²) < 4.78 is 0. The normalized spacial score (nSPS) is 9.08. The van der Waals surface area contributed by atoms with Crippen molar-refractivity contribution in [3.63, 3.8) is 0 Å². The first-order valence-electron chi connectivity index (χ1n) is 3.75. The first kappa shape index (κ1) is 8.50. The van der Waals surface area contributed by atoms with Crippen molar-refractivity contribution >= 4 is 11.9 Å². The lowest BCUT2D eigenvalue weighted by Crippen LogP contribution is -1.92. The second kappa shape index (κ2) is 3.69. The summed E-state index contributed by atoms with van der Waals surface area (Å²) in [4.78, 5) is 2.93. The van der Waals surface area contributed by atoms with Gasteiger partial charge in [-0.2, -0.15) is 4.79 Å². The fourth-order valence-electron chi connectivity index (χ4n) is 1.01. The quantitative estimate of drug-likeness (QED) is 0.303. The lowest BCUT2D eigenvalue weighted by molar-refractivity contribution is 0.00158. The molecule has 0 bridgehead atoms. The zero-order valence-corrected chi connectivity index (χ0v) is 6.99. The fourth-order valence-corrected chi connectivity index (χ4v) is 1.01. The van der Waals surface area contributed by atoms with Crippen molar-refractivity contribution < 1.29 is 4.79 Å². The Kier molecular flexibility index (Phi) is 2.62. The molecule has 0 amide bonds. The van der Waals surface area contributed by atoms with Crippen LogP contribution >= 0.6 is 0 Å². The first-order valence-corrected chi connectivity index (χ1v) is 3.75. The van der Waals surface area contributed by atoms with Crippen LogP contribution in [0.2, 0.25) is 0 Å². The van der Waals surface area contributed by atoms with Gasteiger partial charge in [0.25, 0.3) is 6.21 Å². The summed E-state index contributed by atoms with van der Waals surface area (Å²) in [5.41, 5.74) is 16.8. The van der Waals surface area contributed by atoms with Crippen molar-refractivity contribution in [2.45, 2.75) is 13.3 Å². The van der Waals surface area contributed by atoms with E-state index in [0.717, 1.165) is 16.8 Å². The third-order valence-corrected chi connectivity index (χ3v) is 1.74. The maximum Gasteiger partial charge on any atom is 0.261 e. The number of anilines is 1. The Morgan fingerprint density at radius 1 is 1.58 bits per heavy atom. The molecule has 0 aliphatic carbocycles. The number of nitrogens with zero attached hydrogens (tertiary/aromatic N) is 2. The number of rotatable bonds is 2. The molecule has 62 valence electrons. The predicted octanol–water partition coefficient (Wildman–Crippen LogP) is 1.42. The Morgan fingerprint density at radius 3 is 2.92 bits per heavy atom. The van der Waals surface area contributed by atoms with Gasteiger partial charge >= 0.3 is 0 Å². The smallest absolute Gasteiger partial charge is 0.261 e. The van der Waals surface area contributed by atoms with Crippen LogP contribution in [0.1, 0.15) is 11.1 Å². The van der Waals surface area contributed by atoms with Crippen LogP contribution in [0.15, 0.2) is 18.2 Å². The van der Waals surface area contributed by atoms with E-state index in [0.29, 0.717) is 6.42 Å². The molecule has 0 unspecified atom stereocenters. The number of benzene rings is 1. The molecule has 3 nitrogen and oxygen atoms in total. The summed E-state index contributed by atoms with van der Waals surface area (Å²) in [5.74, 6) is 0. The maximum absolute atomic E-state index is 8.20. The largest absolute Gasteiger partial charge is 0.399 e. The Balaban J connectivity index is 2.89. The van der Waals surface area contributed by atoms with Gasteiger partial charge in [-0.1, -0.05) is 12.1 Å². The van der Waals surface area contributed by atoms with E-state index in [1.165, 1.54) is 6.21 Å². The summed E-state index contributed by atoms with van der Waals surface area (Å²) in [6.07, 6.45) is 2.09. The third kappa shape index (κ3) is 1.94. The van der Waals surface area contributed by atoms with E-state index in [4.69, 9.17) is 11.3 Å². The highest BCUT2D eigenvalue weighted by Gasteiger charge is 1.96. The molecule has 2 N–H and O–H groups in total. The molecule has 1 rings (SSSR count). The van der Waals surface area contributed by atoms with E-state index >= 15 is 0 Å². The monoisotopic (exact) mass is 161 g/mol. The Bertz CT molecular complexity index is 325. The molecule has 3 heteroatoms. The Morgan fingerprint density at radius 2 is 2.33 bits per heavy atom. The van der Waals surface area contributed by atoms with Gasteiger partial charge < -0.3 is 11.3 Å². The van der Waals surface area contributed by atoms with Gasteiger partial charge in [-0.3, -0.25) is 0 Å². The van der Waals surface area contributed by atoms with Crippen molar-refractivity contribution in [2.24, 2.45) is 0 Å². The van der Waals surface area contributed by atoms with E-state index in [1.807, 2.05) is 25.1 Å². The fraction of sp³-hybridized carbons (Fsp3) is 0.222. The zero-order chi connectivity index (χ0) is 8.97. The molecule has 1 aromatic carbocycles. The number of aryl methyl sites for hydroxylation is 1. The van der Waals surface area contributed by atoms with Crippen LogP contribution in [0.25, 0.3) is 5.53 Å². The highest BCUT2D eigenvalue weighted by molar-refractivity contribution is 5.57. The average molecular weight is 161 g/mol. The lowest BCUT2D eigenvalue weighted by Gasteiger charge is -2.00. The van der Waals surface area contributed by atoms with Gasteiger partial charge in [-0.25, -0.2) is 0 Å². The molecule has 0 heterocycles. The van der Waals surface area contributed by atoms with Gasteiger partial charge in [0.2, 0.25) is 0 Å². The molecule has 0 aromatic heterocycles. The lowest BCUT2D eigenvalue weighted by atomic mass is 10.1. The SMILES string of the molecule is Cc1cc(CC=[N+]=[N-])ccc1N. The van der Waals surface area contributed by atoms with Gasteiger partial charge in [0.15, 0.2) is 0 Å². The van der Waals surface area contributed by atoms with Crippen molar-refractivity contribution in [1.29, 1.82) is 0 Å². The van der Waals surface area contributed by atoms with Gasteiger partial charge in [0.1, 0.15) is 0 Å². The minimum Gasteiger partial charge on any atom is -0.399 e. The molecule has 0 aliphatic rings. The molecule has 0 saturated carbocycles. The molecule has 0 spiro atoms. The van der Waals surface area contributed by atoms with Gasteiger partial charge in [-0.15, -0.1) is 0 Å². The van der Waals surface area contributed by atoms with Gasteiger partial charge in [0.05, 0.1) is 6.42 Å². The molecule has 0 atom stereocenters. The summed E-state index contributed by atoms with van der Waals surface area (Å²) in [5, 5.41) is 0. The van der Waals surface area contributed by atoms with Gasteiger partial charge in [0, 0.05) is 5.69 Å². The molecule has 0 fully saturated rings. The van der Waals surface area contributed by atoms with Crippen molar-refractivity contribution in [3.05, 3.63) is 34.9 Å². The minimum atomic E-state index is 0.637. The van der Waals surface area contributed by atoms with Crippen LogP contribution in [0.4, 0.5) is 5.69 Å². The van der Waals surface area contributed by atoms with Crippen molar-refractivity contribution in [2.75, 3.05) is 5.73 Å².